The number of ether oxygens (including phenoxy) is 3. The molecule has 1 saturated heterocycles. The summed E-state index contributed by atoms with van der Waals surface area (Å²) in [7, 11) is -0.449. The van der Waals surface area contributed by atoms with Crippen LogP contribution in [0.2, 0.25) is 0 Å². The number of amides is 1. The molecule has 0 spiro atoms. The Morgan fingerprint density at radius 3 is 2.02 bits per heavy atom. The van der Waals surface area contributed by atoms with Gasteiger partial charge in [0.15, 0.2) is 0 Å². The number of likely N-dealkylation sites (tertiary alicyclic amines) is 1. The molecule has 1 N–H and O–H groups in total. The predicted molar refractivity (Wildman–Crippen MR) is 191 cm³/mol. The normalized spacial score (nSPS) is 20.8. The molecule has 1 aliphatic rings. The molecule has 0 aliphatic carbocycles. The Kier molecular flexibility index (Phi) is 13.4. The maximum atomic E-state index is 14.4. The lowest BCUT2D eigenvalue weighted by Crippen LogP contribution is -2.67. The minimum atomic E-state index is -5.06. The third kappa shape index (κ3) is 10.7. The molecule has 1 fully saturated rings. The first-order valence-electron chi connectivity index (χ1n) is 17.1. The van der Waals surface area contributed by atoms with Crippen molar-refractivity contribution >= 4 is 23.0 Å². The number of rotatable bonds is 12. The lowest BCUT2D eigenvalue weighted by Gasteiger charge is -2.53. The first-order valence-corrected chi connectivity index (χ1v) is 18.2. The molecular formula is C39H44F6N2O6S. The quantitative estimate of drug-likeness (QED) is 0.112. The van der Waals surface area contributed by atoms with E-state index in [2.05, 4.69) is 4.72 Å². The maximum absolute atomic E-state index is 14.4. The van der Waals surface area contributed by atoms with Gasteiger partial charge in [-0.3, -0.25) is 4.90 Å². The molecule has 1 amide bonds. The van der Waals surface area contributed by atoms with Crippen LogP contribution in [0.25, 0.3) is 0 Å². The first kappa shape index (κ1) is 42.5. The molecule has 0 radical (unpaired) electrons. The number of carbonyl (C=O) groups excluding carboxylic acids is 2. The van der Waals surface area contributed by atoms with Crippen LogP contribution in [0, 0.1) is 0 Å². The number of nitrogens with zero attached hydrogens (tertiary/aromatic N) is 1. The zero-order chi connectivity index (χ0) is 40.0. The molecular weight excluding hydrogens is 738 g/mol. The molecule has 294 valence electrons. The number of hydrogen-bond donors (Lipinski definition) is 1. The van der Waals surface area contributed by atoms with Crippen molar-refractivity contribution < 1.29 is 54.4 Å². The molecule has 3 aromatic carbocycles. The van der Waals surface area contributed by atoms with Crippen LogP contribution in [-0.2, 0) is 54.5 Å². The summed E-state index contributed by atoms with van der Waals surface area (Å²) in [5.41, 5.74) is -4.57. The predicted octanol–water partition coefficient (Wildman–Crippen LogP) is 9.04. The number of piperidine rings is 1. The fourth-order valence-electron chi connectivity index (χ4n) is 6.10. The van der Waals surface area contributed by atoms with Crippen molar-refractivity contribution in [3.8, 4) is 0 Å². The molecule has 1 heterocycles. The number of methoxy groups -OCH3 is 1. The van der Waals surface area contributed by atoms with E-state index in [4.69, 9.17) is 14.2 Å². The van der Waals surface area contributed by atoms with Crippen LogP contribution >= 0.6 is 0 Å². The lowest BCUT2D eigenvalue weighted by atomic mass is 9.74. The van der Waals surface area contributed by atoms with Crippen molar-refractivity contribution in [3.05, 3.63) is 119 Å². The number of esters is 1. The number of hydrogen-bond acceptors (Lipinski definition) is 6. The largest absolute Gasteiger partial charge is 0.466 e. The average molecular weight is 783 g/mol. The highest BCUT2D eigenvalue weighted by Gasteiger charge is 2.52. The molecule has 8 nitrogen and oxygen atoms in total. The molecule has 0 bridgehead atoms. The number of carbonyl (C=O) groups is 2. The van der Waals surface area contributed by atoms with Gasteiger partial charge in [-0.25, -0.2) is 18.5 Å². The van der Waals surface area contributed by atoms with Gasteiger partial charge in [0.25, 0.3) is 0 Å². The molecule has 15 heteroatoms. The molecule has 3 aromatic rings. The first-order chi connectivity index (χ1) is 25.2. The van der Waals surface area contributed by atoms with Crippen LogP contribution in [0.15, 0.2) is 91.0 Å². The third-order valence-corrected chi connectivity index (χ3v) is 10.9. The van der Waals surface area contributed by atoms with Crippen molar-refractivity contribution in [1.82, 2.24) is 9.62 Å². The topological polar surface area (TPSA) is 94.2 Å². The smallest absolute Gasteiger partial charge is 0.416 e. The average Bonchev–Trinajstić information content (AvgIpc) is 3.12. The summed E-state index contributed by atoms with van der Waals surface area (Å²) >= 11 is 0. The second kappa shape index (κ2) is 17.1. The van der Waals surface area contributed by atoms with Gasteiger partial charge in [0.05, 0.1) is 57.8 Å². The second-order valence-corrected chi connectivity index (χ2v) is 16.2. The zero-order valence-corrected chi connectivity index (χ0v) is 31.4. The van der Waals surface area contributed by atoms with Gasteiger partial charge in [-0.2, -0.15) is 26.3 Å². The highest BCUT2D eigenvalue weighted by molar-refractivity contribution is 7.84. The minimum absolute atomic E-state index is 0.0516. The van der Waals surface area contributed by atoms with Crippen LogP contribution in [-0.4, -0.2) is 51.7 Å². The Morgan fingerprint density at radius 2 is 1.48 bits per heavy atom. The number of halogens is 6. The lowest BCUT2D eigenvalue weighted by molar-refractivity contribution is -0.143. The van der Waals surface area contributed by atoms with Gasteiger partial charge in [0, 0.05) is 12.6 Å². The van der Waals surface area contributed by atoms with E-state index in [0.29, 0.717) is 23.3 Å². The van der Waals surface area contributed by atoms with E-state index in [1.54, 1.807) is 87.5 Å². The summed E-state index contributed by atoms with van der Waals surface area (Å²) in [6.07, 6.45) is -9.00. The zero-order valence-electron chi connectivity index (χ0n) is 30.6. The SMILES string of the molecule is COC(=O)C=CC[C@@]1(NS(=O)C(C)(C)C)CC[C@@](CO[C@H](C)c2cc(C(F)(F)F)cc(C(F)(F)F)c2)(c2ccccc2)N(C(=O)OCc2ccccc2)C1. The summed E-state index contributed by atoms with van der Waals surface area (Å²) in [4.78, 5) is 27.8. The monoisotopic (exact) mass is 782 g/mol. The number of nitrogens with one attached hydrogen (secondary N) is 1. The van der Waals surface area contributed by atoms with Crippen molar-refractivity contribution in [2.45, 2.75) is 87.8 Å². The molecule has 1 aliphatic heterocycles. The van der Waals surface area contributed by atoms with Gasteiger partial charge >= 0.3 is 24.4 Å². The van der Waals surface area contributed by atoms with E-state index >= 15 is 0 Å². The van der Waals surface area contributed by atoms with Gasteiger partial charge in [-0.05, 0) is 81.8 Å². The van der Waals surface area contributed by atoms with Crippen LogP contribution in [0.3, 0.4) is 0 Å². The summed E-state index contributed by atoms with van der Waals surface area (Å²) in [5.74, 6) is -0.624. The Morgan fingerprint density at radius 1 is 0.907 bits per heavy atom. The highest BCUT2D eigenvalue weighted by atomic mass is 32.2. The Bertz CT molecular complexity index is 1770. The van der Waals surface area contributed by atoms with Crippen molar-refractivity contribution in [2.75, 3.05) is 20.3 Å². The Balaban J connectivity index is 1.82. The van der Waals surface area contributed by atoms with Gasteiger partial charge in [-0.15, -0.1) is 0 Å². The van der Waals surface area contributed by atoms with Crippen LogP contribution < -0.4 is 4.72 Å². The van der Waals surface area contributed by atoms with Crippen molar-refractivity contribution in [2.24, 2.45) is 0 Å². The summed E-state index contributed by atoms with van der Waals surface area (Å²) in [6, 6.07) is 18.8. The molecule has 4 rings (SSSR count). The van der Waals surface area contributed by atoms with E-state index in [0.717, 1.165) is 0 Å². The van der Waals surface area contributed by atoms with Crippen molar-refractivity contribution in [3.63, 3.8) is 0 Å². The number of alkyl halides is 6. The van der Waals surface area contributed by atoms with E-state index < -0.39 is 68.5 Å². The van der Waals surface area contributed by atoms with Gasteiger partial charge in [0.2, 0.25) is 0 Å². The van der Waals surface area contributed by atoms with Gasteiger partial charge in [-0.1, -0.05) is 66.7 Å². The van der Waals surface area contributed by atoms with Crippen LogP contribution in [0.1, 0.15) is 80.9 Å². The van der Waals surface area contributed by atoms with Gasteiger partial charge in [0.1, 0.15) is 6.61 Å². The van der Waals surface area contributed by atoms with Gasteiger partial charge < -0.3 is 14.2 Å². The fraction of sp³-hybridized carbons (Fsp3) is 0.436. The molecule has 54 heavy (non-hydrogen) atoms. The second-order valence-electron chi connectivity index (χ2n) is 14.2. The van der Waals surface area contributed by atoms with E-state index in [-0.39, 0.29) is 50.7 Å². The van der Waals surface area contributed by atoms with Crippen molar-refractivity contribution in [1.29, 1.82) is 0 Å². The van der Waals surface area contributed by atoms with E-state index in [1.165, 1.54) is 25.0 Å². The van der Waals surface area contributed by atoms with E-state index in [9.17, 15) is 40.1 Å². The Labute approximate surface area is 313 Å². The van der Waals surface area contributed by atoms with Crippen LogP contribution in [0.5, 0.6) is 0 Å². The summed E-state index contributed by atoms with van der Waals surface area (Å²) in [5, 5.41) is 0. The standard InChI is InChI=1S/C39H44F6N2O6S/c1-27(29-21-31(38(40,41)42)23-32(22-29)39(43,44)45)53-26-37(30-15-10-7-11-16-30)20-19-36(18-12-17-33(48)51-5,46-54(50)35(2,3)4)25-47(37)34(49)52-24-28-13-8-6-9-14-28/h6-17,21-23,27,46H,18-20,24-26H2,1-5H3/t27-,36-,37-,54?/m1/s1. The molecule has 1 unspecified atom stereocenters. The Hall–Kier alpha value is -4.21. The summed E-state index contributed by atoms with van der Waals surface area (Å²) in [6.45, 7) is 6.00. The maximum Gasteiger partial charge on any atom is 0.416 e. The van der Waals surface area contributed by atoms with Crippen LogP contribution in [0.4, 0.5) is 31.1 Å². The summed E-state index contributed by atoms with van der Waals surface area (Å²) < 4.78 is 115. The fourth-order valence-corrected chi connectivity index (χ4v) is 7.04. The van der Waals surface area contributed by atoms with E-state index in [1.807, 2.05) is 0 Å². The highest BCUT2D eigenvalue weighted by Crippen LogP contribution is 2.45. The number of benzene rings is 3. The minimum Gasteiger partial charge on any atom is -0.466 e. The third-order valence-electron chi connectivity index (χ3n) is 9.21. The molecule has 0 aromatic heterocycles. The molecule has 0 saturated carbocycles. The molecule has 4 atom stereocenters.